The number of ether oxygens (including phenoxy) is 2. The van der Waals surface area contributed by atoms with E-state index in [0.717, 1.165) is 11.1 Å². The predicted octanol–water partition coefficient (Wildman–Crippen LogP) is 3.97. The van der Waals surface area contributed by atoms with Crippen molar-refractivity contribution in [3.05, 3.63) is 89.5 Å². The number of fused-ring (bicyclic) bond motifs is 3. The number of carbonyl (C=O) groups excluding carboxylic acids is 2. The minimum Gasteiger partial charge on any atom is -0.480 e. The molecule has 178 valence electrons. The lowest BCUT2D eigenvalue weighted by Gasteiger charge is -2.38. The molecule has 3 aromatic carbocycles. The SMILES string of the molecule is O=C(O)COC1CN(C(=O)c2ccc(NC(=O)OCC3c4ccccc4-c4ccccc43)cc2)C1. The fourth-order valence-electron chi connectivity index (χ4n) is 4.53. The molecule has 2 amide bonds. The van der Waals surface area contributed by atoms with Gasteiger partial charge in [0, 0.05) is 30.3 Å². The van der Waals surface area contributed by atoms with Gasteiger partial charge in [-0.2, -0.15) is 0 Å². The molecule has 0 bridgehead atoms. The number of benzene rings is 3. The van der Waals surface area contributed by atoms with E-state index in [1.54, 1.807) is 29.2 Å². The molecule has 8 heteroatoms. The van der Waals surface area contributed by atoms with E-state index in [4.69, 9.17) is 14.6 Å². The Morgan fingerprint density at radius 2 is 1.49 bits per heavy atom. The molecular weight excluding hydrogens is 448 g/mol. The van der Waals surface area contributed by atoms with Crippen molar-refractivity contribution < 1.29 is 29.0 Å². The molecule has 2 N–H and O–H groups in total. The Morgan fingerprint density at radius 1 is 0.886 bits per heavy atom. The summed E-state index contributed by atoms with van der Waals surface area (Å²) in [5.74, 6) is -1.23. The fraction of sp³-hybridized carbons (Fsp3) is 0.222. The minimum absolute atomic E-state index is 0.0204. The van der Waals surface area contributed by atoms with E-state index in [1.807, 2.05) is 24.3 Å². The topological polar surface area (TPSA) is 105 Å². The van der Waals surface area contributed by atoms with Crippen molar-refractivity contribution in [3.8, 4) is 11.1 Å². The van der Waals surface area contributed by atoms with Crippen LogP contribution in [0.25, 0.3) is 11.1 Å². The number of aliphatic carboxylic acids is 1. The van der Waals surface area contributed by atoms with Gasteiger partial charge in [-0.1, -0.05) is 48.5 Å². The van der Waals surface area contributed by atoms with Crippen LogP contribution in [0.1, 0.15) is 27.4 Å². The summed E-state index contributed by atoms with van der Waals surface area (Å²) in [6.07, 6.45) is -0.823. The molecule has 35 heavy (non-hydrogen) atoms. The fourth-order valence-corrected chi connectivity index (χ4v) is 4.53. The Bertz CT molecular complexity index is 1220. The third-order valence-electron chi connectivity index (χ3n) is 6.30. The second kappa shape index (κ2) is 9.60. The van der Waals surface area contributed by atoms with Gasteiger partial charge in [-0.3, -0.25) is 10.1 Å². The van der Waals surface area contributed by atoms with Crippen molar-refractivity contribution in [2.24, 2.45) is 0 Å². The van der Waals surface area contributed by atoms with E-state index in [9.17, 15) is 14.4 Å². The Hall–Kier alpha value is -4.17. The number of carboxylic acids is 1. The number of carbonyl (C=O) groups is 3. The summed E-state index contributed by atoms with van der Waals surface area (Å²) in [5, 5.41) is 11.4. The quantitative estimate of drug-likeness (QED) is 0.539. The van der Waals surface area contributed by atoms with E-state index >= 15 is 0 Å². The van der Waals surface area contributed by atoms with Crippen LogP contribution in [0.3, 0.4) is 0 Å². The molecule has 0 spiro atoms. The molecule has 1 fully saturated rings. The van der Waals surface area contributed by atoms with Crippen molar-refractivity contribution in [2.45, 2.75) is 12.0 Å². The van der Waals surface area contributed by atoms with Crippen LogP contribution in [0.15, 0.2) is 72.8 Å². The zero-order chi connectivity index (χ0) is 24.4. The van der Waals surface area contributed by atoms with Crippen molar-refractivity contribution in [1.82, 2.24) is 4.90 Å². The monoisotopic (exact) mass is 472 g/mol. The second-order valence-electron chi connectivity index (χ2n) is 8.56. The molecule has 1 heterocycles. The van der Waals surface area contributed by atoms with Crippen LogP contribution < -0.4 is 5.32 Å². The second-order valence-corrected chi connectivity index (χ2v) is 8.56. The van der Waals surface area contributed by atoms with Crippen LogP contribution in [0.2, 0.25) is 0 Å². The maximum atomic E-state index is 12.5. The van der Waals surface area contributed by atoms with Crippen LogP contribution in [0, 0.1) is 0 Å². The first-order valence-corrected chi connectivity index (χ1v) is 11.3. The van der Waals surface area contributed by atoms with Gasteiger partial charge in [-0.25, -0.2) is 9.59 Å². The van der Waals surface area contributed by atoms with Crippen LogP contribution in [-0.4, -0.2) is 60.4 Å². The lowest BCUT2D eigenvalue weighted by Crippen LogP contribution is -2.55. The zero-order valence-electron chi connectivity index (χ0n) is 18.8. The van der Waals surface area contributed by atoms with Gasteiger partial charge in [0.05, 0.1) is 6.10 Å². The van der Waals surface area contributed by atoms with Gasteiger partial charge in [0.25, 0.3) is 5.91 Å². The third kappa shape index (κ3) is 4.74. The highest BCUT2D eigenvalue weighted by molar-refractivity contribution is 5.95. The Kier molecular flexibility index (Phi) is 6.20. The molecule has 0 saturated carbocycles. The summed E-state index contributed by atoms with van der Waals surface area (Å²) >= 11 is 0. The maximum absolute atomic E-state index is 12.5. The first-order chi connectivity index (χ1) is 17.0. The number of likely N-dealkylation sites (tertiary alicyclic amines) is 1. The van der Waals surface area contributed by atoms with Crippen LogP contribution >= 0.6 is 0 Å². The largest absolute Gasteiger partial charge is 0.480 e. The molecule has 8 nitrogen and oxygen atoms in total. The molecule has 5 rings (SSSR count). The number of hydrogen-bond acceptors (Lipinski definition) is 5. The average Bonchev–Trinajstić information content (AvgIpc) is 3.15. The van der Waals surface area contributed by atoms with Gasteiger partial charge in [-0.05, 0) is 46.5 Å². The van der Waals surface area contributed by atoms with Crippen molar-refractivity contribution >= 4 is 23.7 Å². The summed E-state index contributed by atoms with van der Waals surface area (Å²) in [5.41, 5.74) is 5.61. The molecule has 0 unspecified atom stereocenters. The van der Waals surface area contributed by atoms with Crippen LogP contribution in [0.5, 0.6) is 0 Å². The van der Waals surface area contributed by atoms with Crippen LogP contribution in [0.4, 0.5) is 10.5 Å². The first kappa shape index (κ1) is 22.6. The number of nitrogens with one attached hydrogen (secondary N) is 1. The average molecular weight is 472 g/mol. The van der Waals surface area contributed by atoms with E-state index in [1.165, 1.54) is 11.1 Å². The van der Waals surface area contributed by atoms with Gasteiger partial charge in [0.15, 0.2) is 0 Å². The molecule has 0 radical (unpaired) electrons. The molecule has 3 aromatic rings. The molecule has 0 atom stereocenters. The van der Waals surface area contributed by atoms with Gasteiger partial charge >= 0.3 is 12.1 Å². The minimum atomic E-state index is -1.03. The van der Waals surface area contributed by atoms with Gasteiger partial charge in [0.1, 0.15) is 13.2 Å². The third-order valence-corrected chi connectivity index (χ3v) is 6.30. The van der Waals surface area contributed by atoms with Crippen molar-refractivity contribution in [3.63, 3.8) is 0 Å². The summed E-state index contributed by atoms with van der Waals surface area (Å²) in [6.45, 7) is 0.553. The molecular formula is C27H24N2O6. The van der Waals surface area contributed by atoms with Gasteiger partial charge in [-0.15, -0.1) is 0 Å². The standard InChI is InChI=1S/C27H24N2O6/c30-25(31)16-34-19-13-29(14-19)26(32)17-9-11-18(12-10-17)28-27(33)35-15-24-22-7-3-1-5-20(22)21-6-2-4-8-23(21)24/h1-12,19,24H,13-16H2,(H,28,33)(H,30,31). The Balaban J connectivity index is 1.14. The number of hydrogen-bond donors (Lipinski definition) is 2. The van der Waals surface area contributed by atoms with E-state index in [0.29, 0.717) is 24.3 Å². The molecule has 1 aliphatic carbocycles. The van der Waals surface area contributed by atoms with Gasteiger partial charge in [0.2, 0.25) is 0 Å². The summed E-state index contributed by atoms with van der Waals surface area (Å²) in [7, 11) is 0. The summed E-state index contributed by atoms with van der Waals surface area (Å²) < 4.78 is 10.7. The van der Waals surface area contributed by atoms with Crippen LogP contribution in [-0.2, 0) is 14.3 Å². The van der Waals surface area contributed by atoms with E-state index in [2.05, 4.69) is 29.6 Å². The highest BCUT2D eigenvalue weighted by Crippen LogP contribution is 2.44. The highest BCUT2D eigenvalue weighted by atomic mass is 16.5. The Labute approximate surface area is 202 Å². The lowest BCUT2D eigenvalue weighted by molar-refractivity contribution is -0.147. The zero-order valence-corrected chi connectivity index (χ0v) is 18.8. The number of carboxylic acid groups (broad SMARTS) is 1. The first-order valence-electron chi connectivity index (χ1n) is 11.3. The molecule has 1 aliphatic heterocycles. The molecule has 0 aromatic heterocycles. The Morgan fingerprint density at radius 3 is 2.09 bits per heavy atom. The summed E-state index contributed by atoms with van der Waals surface area (Å²) in [6, 6.07) is 22.8. The molecule has 2 aliphatic rings. The summed E-state index contributed by atoms with van der Waals surface area (Å²) in [4.78, 5) is 37.1. The number of nitrogens with zero attached hydrogens (tertiary/aromatic N) is 1. The number of amides is 2. The van der Waals surface area contributed by atoms with E-state index < -0.39 is 12.1 Å². The van der Waals surface area contributed by atoms with Crippen molar-refractivity contribution in [1.29, 1.82) is 0 Å². The normalized spacial score (nSPS) is 14.6. The number of rotatable bonds is 7. The lowest BCUT2D eigenvalue weighted by atomic mass is 9.98. The predicted molar refractivity (Wildman–Crippen MR) is 128 cm³/mol. The maximum Gasteiger partial charge on any atom is 0.411 e. The number of anilines is 1. The highest BCUT2D eigenvalue weighted by Gasteiger charge is 2.32. The van der Waals surface area contributed by atoms with E-state index in [-0.39, 0.29) is 31.1 Å². The van der Waals surface area contributed by atoms with Crippen molar-refractivity contribution in [2.75, 3.05) is 31.6 Å². The smallest absolute Gasteiger partial charge is 0.411 e. The van der Waals surface area contributed by atoms with Gasteiger partial charge < -0.3 is 19.5 Å². The molecule has 1 saturated heterocycles.